The summed E-state index contributed by atoms with van der Waals surface area (Å²) in [5, 5.41) is 171. The summed E-state index contributed by atoms with van der Waals surface area (Å²) in [4.78, 5) is 26.5. The van der Waals surface area contributed by atoms with E-state index in [1.54, 1.807) is 6.08 Å². The highest BCUT2D eigenvalue weighted by atomic mass is 16.8. The van der Waals surface area contributed by atoms with E-state index in [0.29, 0.717) is 12.8 Å². The van der Waals surface area contributed by atoms with Gasteiger partial charge in [0.1, 0.15) is 116 Å². The van der Waals surface area contributed by atoms with Crippen molar-refractivity contribution in [2.45, 2.75) is 399 Å². The van der Waals surface area contributed by atoms with Crippen molar-refractivity contribution >= 4 is 11.8 Å². The molecule has 5 saturated heterocycles. The molecule has 17 N–H and O–H groups in total. The van der Waals surface area contributed by atoms with E-state index < -0.39 is 205 Å². The van der Waals surface area contributed by atoms with E-state index in [2.05, 4.69) is 24.5 Å². The lowest BCUT2D eigenvalue weighted by Gasteiger charge is -2.50. The summed E-state index contributed by atoms with van der Waals surface area (Å²) in [6.45, 7) is 2.61. The van der Waals surface area contributed by atoms with E-state index in [-0.39, 0.29) is 12.3 Å². The van der Waals surface area contributed by atoms with Gasteiger partial charge in [-0.2, -0.15) is 0 Å². The van der Waals surface area contributed by atoms with Gasteiger partial charge in [-0.3, -0.25) is 9.59 Å². The number of rotatable bonds is 51. The SMILES string of the molecule is CCCCCCCCCCCCC/C=C/[C@@H](O)[C@H](CO[C@@H]1OC(CO)[C@@H](O[C@@H]2OC(CO)[C@H](O)[C@H](O[C@@H]3OC(CO)[C@@H](O)[C@H](O[C@@H]4OC(CO)[C@H](O)[C@H](O)C4O[C@H]4OC(C)[C@@H](O)C(O)[C@@H]4O)C3NC(C)=O)C2O)[C@H](O)C1O)NC(=O)CCCCCCCCCCCCCCCCCCCCC. The van der Waals surface area contributed by atoms with Crippen LogP contribution in [0.5, 0.6) is 0 Å². The molecule has 101 heavy (non-hydrogen) atoms. The van der Waals surface area contributed by atoms with Gasteiger partial charge in [-0.25, -0.2) is 0 Å². The topological polar surface area (TPSA) is 454 Å². The van der Waals surface area contributed by atoms with Crippen molar-refractivity contribution in [3.8, 4) is 0 Å². The maximum Gasteiger partial charge on any atom is 0.220 e. The summed E-state index contributed by atoms with van der Waals surface area (Å²) in [6, 6.07) is -2.81. The average Bonchev–Trinajstić information content (AvgIpc) is 0.771. The van der Waals surface area contributed by atoms with Gasteiger partial charge in [0.2, 0.25) is 11.8 Å². The first-order valence-electron chi connectivity index (χ1n) is 38.3. The van der Waals surface area contributed by atoms with Crippen molar-refractivity contribution < 1.29 is 134 Å². The summed E-state index contributed by atoms with van der Waals surface area (Å²) in [7, 11) is 0. The maximum atomic E-state index is 13.5. The zero-order chi connectivity index (χ0) is 73.8. The molecule has 27 atom stereocenters. The zero-order valence-electron chi connectivity index (χ0n) is 60.5. The first kappa shape index (κ1) is 89.3. The monoisotopic (exact) mass is 1460 g/mol. The van der Waals surface area contributed by atoms with Gasteiger partial charge in [0.05, 0.1) is 51.3 Å². The number of nitrogens with one attached hydrogen (secondary N) is 2. The highest BCUT2D eigenvalue weighted by Gasteiger charge is 2.57. The molecule has 29 nitrogen and oxygen atoms in total. The molecule has 0 aliphatic carbocycles. The molecule has 5 fully saturated rings. The highest BCUT2D eigenvalue weighted by molar-refractivity contribution is 5.76. The number of amides is 2. The van der Waals surface area contributed by atoms with Gasteiger partial charge in [-0.1, -0.05) is 206 Å². The largest absolute Gasteiger partial charge is 0.394 e. The fourth-order valence-corrected chi connectivity index (χ4v) is 13.8. The fraction of sp³-hybridized carbons (Fsp3) is 0.944. The van der Waals surface area contributed by atoms with Crippen LogP contribution < -0.4 is 10.6 Å². The molecule has 5 heterocycles. The van der Waals surface area contributed by atoms with Gasteiger partial charge < -0.3 is 135 Å². The van der Waals surface area contributed by atoms with E-state index in [9.17, 15) is 86.2 Å². The number of aliphatic hydroxyl groups is 15. The van der Waals surface area contributed by atoms with Crippen molar-refractivity contribution in [3.63, 3.8) is 0 Å². The zero-order valence-corrected chi connectivity index (χ0v) is 60.5. The predicted molar refractivity (Wildman–Crippen MR) is 367 cm³/mol. The number of ether oxygens (including phenoxy) is 10. The number of hydrogen-bond acceptors (Lipinski definition) is 27. The Bertz CT molecular complexity index is 2200. The molecule has 592 valence electrons. The molecule has 0 aromatic rings. The predicted octanol–water partition coefficient (Wildman–Crippen LogP) is 2.20. The Kier molecular flexibility index (Phi) is 43.9. The maximum absolute atomic E-state index is 13.5. The van der Waals surface area contributed by atoms with Gasteiger partial charge in [0, 0.05) is 13.3 Å². The normalized spacial score (nSPS) is 35.4. The molecule has 29 heteroatoms. The van der Waals surface area contributed by atoms with Crippen LogP contribution in [0.1, 0.15) is 233 Å². The number of hydrogen-bond donors (Lipinski definition) is 17. The van der Waals surface area contributed by atoms with Gasteiger partial charge >= 0.3 is 0 Å². The molecule has 0 aromatic heterocycles. The molecule has 0 saturated carbocycles. The smallest absolute Gasteiger partial charge is 0.220 e. The Labute approximate surface area is 597 Å². The van der Waals surface area contributed by atoms with Crippen molar-refractivity contribution in [1.29, 1.82) is 0 Å². The minimum absolute atomic E-state index is 0.194. The van der Waals surface area contributed by atoms with Crippen LogP contribution in [0.4, 0.5) is 0 Å². The molecule has 5 aliphatic heterocycles. The van der Waals surface area contributed by atoms with Crippen LogP contribution in [-0.2, 0) is 57.0 Å². The van der Waals surface area contributed by atoms with E-state index in [1.807, 2.05) is 6.08 Å². The molecule has 0 spiro atoms. The summed E-state index contributed by atoms with van der Waals surface area (Å²) < 4.78 is 59.2. The minimum Gasteiger partial charge on any atom is -0.394 e. The van der Waals surface area contributed by atoms with Gasteiger partial charge in [0.25, 0.3) is 0 Å². The first-order chi connectivity index (χ1) is 48.7. The second-order valence-electron chi connectivity index (χ2n) is 28.5. The summed E-state index contributed by atoms with van der Waals surface area (Å²) >= 11 is 0. The van der Waals surface area contributed by atoms with E-state index in [1.165, 1.54) is 148 Å². The highest BCUT2D eigenvalue weighted by Crippen LogP contribution is 2.37. The third kappa shape index (κ3) is 29.3. The molecule has 0 radical (unpaired) electrons. The lowest BCUT2D eigenvalue weighted by atomic mass is 9.94. The molecule has 10 unspecified atom stereocenters. The summed E-state index contributed by atoms with van der Waals surface area (Å²) in [5.74, 6) is -1.16. The van der Waals surface area contributed by atoms with Crippen LogP contribution in [0.2, 0.25) is 0 Å². The number of aliphatic hydroxyl groups excluding tert-OH is 15. The Hall–Kier alpha value is -2.32. The second kappa shape index (κ2) is 49.6. The van der Waals surface area contributed by atoms with E-state index in [0.717, 1.165) is 51.9 Å². The van der Waals surface area contributed by atoms with E-state index in [4.69, 9.17) is 47.4 Å². The fourth-order valence-electron chi connectivity index (χ4n) is 13.8. The third-order valence-corrected chi connectivity index (χ3v) is 20.2. The number of unbranched alkanes of at least 4 members (excludes halogenated alkanes) is 29. The average molecular weight is 1460 g/mol. The van der Waals surface area contributed by atoms with Gasteiger partial charge in [-0.15, -0.1) is 0 Å². The van der Waals surface area contributed by atoms with Crippen LogP contribution in [0.15, 0.2) is 12.2 Å². The number of carbonyl (C=O) groups excluding carboxylic acids is 2. The lowest BCUT2D eigenvalue weighted by molar-refractivity contribution is -0.390. The Morgan fingerprint density at radius 3 is 1.31 bits per heavy atom. The summed E-state index contributed by atoms with van der Waals surface area (Å²) in [6.07, 6.45) is -4.95. The molecule has 5 aliphatic rings. The van der Waals surface area contributed by atoms with Crippen LogP contribution in [0.3, 0.4) is 0 Å². The standard InChI is InChI=1S/C72H132N2O27/c1-5-7-9-11-13-15-17-19-20-21-22-23-24-26-28-30-32-34-36-38-52(81)74-46(47(80)37-35-33-31-29-27-25-18-16-14-12-10-8-6-2)43-92-69-62(90)60(88)64(51(42-78)97-69)98-71-63(91)66(57(85)50(41-77)95-71)100-68-53(73-45(4)79)65(56(84)49(40-76)94-68)99-72-67(59(87)55(83)48(39-75)96-72)101-70-61(89)58(86)54(82)44(3)93-70/h35,37,44,46-51,53-72,75-78,80,82-91H,5-34,36,38-43H2,1-4H3,(H,73,79)(H,74,81)/b37-35+/t44?,46-,47+,48?,49?,50?,51?,53?,54+,55-,56+,57-,58?,59-,60+,61-,62?,63?,64+,65+,66-,67?,68-,69+,70+,71-,72-/m0/s1. The lowest BCUT2D eigenvalue weighted by Crippen LogP contribution is -2.70. The Morgan fingerprint density at radius 2 is 0.802 bits per heavy atom. The van der Waals surface area contributed by atoms with Crippen LogP contribution in [0.25, 0.3) is 0 Å². The quantitative estimate of drug-likeness (QED) is 0.0306. The van der Waals surface area contributed by atoms with Crippen molar-refractivity contribution in [2.24, 2.45) is 0 Å². The van der Waals surface area contributed by atoms with Crippen molar-refractivity contribution in [3.05, 3.63) is 12.2 Å². The first-order valence-corrected chi connectivity index (χ1v) is 38.3. The molecular formula is C72H132N2O27. The Balaban J connectivity index is 1.21. The van der Waals surface area contributed by atoms with Gasteiger partial charge in [0.15, 0.2) is 31.5 Å². The molecule has 0 aromatic carbocycles. The third-order valence-electron chi connectivity index (χ3n) is 20.2. The molecule has 2 amide bonds. The van der Waals surface area contributed by atoms with E-state index >= 15 is 0 Å². The second-order valence-corrected chi connectivity index (χ2v) is 28.5. The minimum atomic E-state index is -2.17. The molecule has 5 rings (SSSR count). The number of carbonyl (C=O) groups is 2. The molecule has 0 bridgehead atoms. The van der Waals surface area contributed by atoms with Crippen LogP contribution in [-0.4, -0.2) is 287 Å². The summed E-state index contributed by atoms with van der Waals surface area (Å²) in [5.41, 5.74) is 0. The van der Waals surface area contributed by atoms with Crippen LogP contribution >= 0.6 is 0 Å². The van der Waals surface area contributed by atoms with Crippen LogP contribution in [0, 0.1) is 0 Å². The molecular weight excluding hydrogens is 1320 g/mol. The van der Waals surface area contributed by atoms with Gasteiger partial charge in [-0.05, 0) is 26.2 Å². The Morgan fingerprint density at radius 1 is 0.406 bits per heavy atom. The van der Waals surface area contributed by atoms with Crippen molar-refractivity contribution in [1.82, 2.24) is 10.6 Å². The number of allylic oxidation sites excluding steroid dienone is 1. The van der Waals surface area contributed by atoms with Crippen molar-refractivity contribution in [2.75, 3.05) is 33.0 Å².